The van der Waals surface area contributed by atoms with E-state index in [1.807, 2.05) is 37.3 Å². The van der Waals surface area contributed by atoms with Gasteiger partial charge in [0.25, 0.3) is 0 Å². The van der Waals surface area contributed by atoms with Gasteiger partial charge in [-0.25, -0.2) is 8.78 Å². The second-order valence-electron chi connectivity index (χ2n) is 5.47. The highest BCUT2D eigenvalue weighted by atomic mass is 19.1. The zero-order valence-corrected chi connectivity index (χ0v) is 12.8. The number of nitrogens with one attached hydrogen (secondary N) is 1. The molecule has 0 aliphatic carbocycles. The lowest BCUT2D eigenvalue weighted by Crippen LogP contribution is -2.29. The fourth-order valence-corrected chi connectivity index (χ4v) is 2.39. The van der Waals surface area contributed by atoms with Gasteiger partial charge in [0.05, 0.1) is 5.56 Å². The van der Waals surface area contributed by atoms with Gasteiger partial charge in [-0.1, -0.05) is 43.3 Å². The van der Waals surface area contributed by atoms with Crippen molar-refractivity contribution in [3.05, 3.63) is 71.3 Å². The topological polar surface area (TPSA) is 49.3 Å². The van der Waals surface area contributed by atoms with Gasteiger partial charge in [0, 0.05) is 13.0 Å². The average molecular weight is 319 g/mol. The van der Waals surface area contributed by atoms with E-state index in [0.717, 1.165) is 17.7 Å². The van der Waals surface area contributed by atoms with Crippen molar-refractivity contribution in [3.8, 4) is 0 Å². The fourth-order valence-electron chi connectivity index (χ4n) is 2.39. The fraction of sp³-hybridized carbons (Fsp3) is 0.278. The highest BCUT2D eigenvalue weighted by Gasteiger charge is 2.19. The Balaban J connectivity index is 1.89. The van der Waals surface area contributed by atoms with Crippen LogP contribution >= 0.6 is 0 Å². The number of amides is 1. The van der Waals surface area contributed by atoms with Gasteiger partial charge < -0.3 is 10.4 Å². The van der Waals surface area contributed by atoms with Gasteiger partial charge in [0.2, 0.25) is 5.91 Å². The summed E-state index contributed by atoms with van der Waals surface area (Å²) >= 11 is 0. The first kappa shape index (κ1) is 17.1. The minimum absolute atomic E-state index is 0.0125. The van der Waals surface area contributed by atoms with Crippen LogP contribution in [0.4, 0.5) is 8.78 Å². The molecule has 23 heavy (non-hydrogen) atoms. The smallest absolute Gasteiger partial charge is 0.220 e. The van der Waals surface area contributed by atoms with Crippen LogP contribution in [-0.2, 0) is 4.79 Å². The number of halogens is 2. The number of carbonyl (C=O) groups is 1. The maximum absolute atomic E-state index is 13.5. The number of hydrogen-bond acceptors (Lipinski definition) is 2. The van der Waals surface area contributed by atoms with E-state index >= 15 is 0 Å². The Morgan fingerprint density at radius 3 is 2.30 bits per heavy atom. The third-order valence-electron chi connectivity index (χ3n) is 3.69. The van der Waals surface area contributed by atoms with Gasteiger partial charge in [-0.3, -0.25) is 4.79 Å². The third-order valence-corrected chi connectivity index (χ3v) is 3.69. The van der Waals surface area contributed by atoms with E-state index in [-0.39, 0.29) is 24.8 Å². The first-order chi connectivity index (χ1) is 11.0. The zero-order chi connectivity index (χ0) is 16.8. The molecule has 3 nitrogen and oxygen atoms in total. The summed E-state index contributed by atoms with van der Waals surface area (Å²) in [4.78, 5) is 11.9. The largest absolute Gasteiger partial charge is 0.386 e. The summed E-state index contributed by atoms with van der Waals surface area (Å²) in [6.45, 7) is 1.68. The molecule has 0 aliphatic heterocycles. The molecular weight excluding hydrogens is 300 g/mol. The lowest BCUT2D eigenvalue weighted by Gasteiger charge is -2.15. The van der Waals surface area contributed by atoms with Crippen LogP contribution in [0, 0.1) is 11.6 Å². The minimum Gasteiger partial charge on any atom is -0.386 e. The molecule has 0 bridgehead atoms. The molecule has 0 radical (unpaired) electrons. The first-order valence-corrected chi connectivity index (χ1v) is 7.42. The van der Waals surface area contributed by atoms with Gasteiger partial charge >= 0.3 is 0 Å². The van der Waals surface area contributed by atoms with E-state index in [4.69, 9.17) is 0 Å². The Kier molecular flexibility index (Phi) is 5.82. The Bertz CT molecular complexity index is 641. The third kappa shape index (κ3) is 4.60. The average Bonchev–Trinajstić information content (AvgIpc) is 2.53. The number of aliphatic hydroxyl groups is 1. The summed E-state index contributed by atoms with van der Waals surface area (Å²) in [5.74, 6) is -1.93. The highest BCUT2D eigenvalue weighted by molar-refractivity contribution is 5.76. The van der Waals surface area contributed by atoms with Gasteiger partial charge in [0.1, 0.15) is 17.7 Å². The normalized spacial score (nSPS) is 13.4. The van der Waals surface area contributed by atoms with Crippen LogP contribution in [0.1, 0.15) is 36.5 Å². The Morgan fingerprint density at radius 1 is 1.09 bits per heavy atom. The van der Waals surface area contributed by atoms with Crippen molar-refractivity contribution in [2.45, 2.75) is 25.4 Å². The lowest BCUT2D eigenvalue weighted by molar-refractivity contribution is -0.121. The van der Waals surface area contributed by atoms with E-state index in [1.165, 1.54) is 6.07 Å². The number of benzene rings is 2. The maximum Gasteiger partial charge on any atom is 0.220 e. The highest BCUT2D eigenvalue weighted by Crippen LogP contribution is 2.21. The Hall–Kier alpha value is -2.27. The summed E-state index contributed by atoms with van der Waals surface area (Å²) in [6, 6.07) is 12.9. The van der Waals surface area contributed by atoms with Crippen LogP contribution in [0.25, 0.3) is 0 Å². The monoisotopic (exact) mass is 319 g/mol. The first-order valence-electron chi connectivity index (χ1n) is 7.42. The molecule has 1 amide bonds. The lowest BCUT2D eigenvalue weighted by atomic mass is 9.97. The summed E-state index contributed by atoms with van der Waals surface area (Å²) in [5.41, 5.74) is 0.604. The van der Waals surface area contributed by atoms with Crippen LogP contribution in [0.5, 0.6) is 0 Å². The zero-order valence-electron chi connectivity index (χ0n) is 12.8. The number of hydrogen-bond donors (Lipinski definition) is 2. The number of carbonyl (C=O) groups excluding carboxylic acids is 1. The Labute approximate surface area is 134 Å². The molecule has 122 valence electrons. The molecule has 5 heteroatoms. The van der Waals surface area contributed by atoms with Crippen molar-refractivity contribution >= 4 is 5.91 Å². The van der Waals surface area contributed by atoms with Crippen LogP contribution in [0.2, 0.25) is 0 Å². The molecule has 0 heterocycles. The maximum atomic E-state index is 13.5. The van der Waals surface area contributed by atoms with Crippen molar-refractivity contribution < 1.29 is 18.7 Å². The van der Waals surface area contributed by atoms with E-state index in [0.29, 0.717) is 0 Å². The SMILES string of the molecule is CC(CC(=O)NCC(O)c1c(F)cccc1F)c1ccccc1. The van der Waals surface area contributed by atoms with Gasteiger partial charge in [-0.2, -0.15) is 0 Å². The standard InChI is InChI=1S/C18H19F2NO2/c1-12(13-6-3-2-4-7-13)10-17(23)21-11-16(22)18-14(19)8-5-9-15(18)20/h2-9,12,16,22H,10-11H2,1H3,(H,21,23). The second-order valence-corrected chi connectivity index (χ2v) is 5.47. The van der Waals surface area contributed by atoms with Crippen molar-refractivity contribution in [1.82, 2.24) is 5.32 Å². The van der Waals surface area contributed by atoms with Crippen LogP contribution < -0.4 is 5.32 Å². The van der Waals surface area contributed by atoms with Crippen LogP contribution in [-0.4, -0.2) is 17.6 Å². The summed E-state index contributed by atoms with van der Waals surface area (Å²) < 4.78 is 27.1. The predicted octanol–water partition coefficient (Wildman–Crippen LogP) is 3.31. The van der Waals surface area contributed by atoms with Gasteiger partial charge in [0.15, 0.2) is 0 Å². The molecule has 2 aromatic rings. The summed E-state index contributed by atoms with van der Waals surface area (Å²) in [7, 11) is 0. The Morgan fingerprint density at radius 2 is 1.70 bits per heavy atom. The van der Waals surface area contributed by atoms with Gasteiger partial charge in [-0.05, 0) is 23.6 Å². The quantitative estimate of drug-likeness (QED) is 0.858. The molecule has 0 saturated carbocycles. The number of rotatable bonds is 6. The molecular formula is C18H19F2NO2. The molecule has 2 atom stereocenters. The van der Waals surface area contributed by atoms with E-state index in [2.05, 4.69) is 5.32 Å². The van der Waals surface area contributed by atoms with E-state index in [9.17, 15) is 18.7 Å². The van der Waals surface area contributed by atoms with Crippen molar-refractivity contribution in [3.63, 3.8) is 0 Å². The molecule has 0 saturated heterocycles. The van der Waals surface area contributed by atoms with E-state index in [1.54, 1.807) is 0 Å². The molecule has 0 aliphatic rings. The summed E-state index contributed by atoms with van der Waals surface area (Å²) in [6.07, 6.45) is -1.19. The van der Waals surface area contributed by atoms with E-state index < -0.39 is 23.3 Å². The van der Waals surface area contributed by atoms with Crippen LogP contribution in [0.3, 0.4) is 0 Å². The summed E-state index contributed by atoms with van der Waals surface area (Å²) in [5, 5.41) is 12.4. The molecule has 2 rings (SSSR count). The molecule has 2 N–H and O–H groups in total. The second kappa shape index (κ2) is 7.83. The van der Waals surface area contributed by atoms with Crippen molar-refractivity contribution in [1.29, 1.82) is 0 Å². The minimum atomic E-state index is -1.42. The molecule has 0 aromatic heterocycles. The van der Waals surface area contributed by atoms with Crippen LogP contribution in [0.15, 0.2) is 48.5 Å². The molecule has 2 unspecified atom stereocenters. The van der Waals surface area contributed by atoms with Crippen molar-refractivity contribution in [2.75, 3.05) is 6.54 Å². The van der Waals surface area contributed by atoms with Crippen molar-refractivity contribution in [2.24, 2.45) is 0 Å². The molecule has 0 spiro atoms. The molecule has 0 fully saturated rings. The number of aliphatic hydroxyl groups excluding tert-OH is 1. The predicted molar refractivity (Wildman–Crippen MR) is 83.8 cm³/mol. The van der Waals surface area contributed by atoms with Gasteiger partial charge in [-0.15, -0.1) is 0 Å². The molecule has 2 aromatic carbocycles.